The molecule has 18 heavy (non-hydrogen) atoms. The number of rotatable bonds is 0. The van der Waals surface area contributed by atoms with Gasteiger partial charge in [0.25, 0.3) is 0 Å². The van der Waals surface area contributed by atoms with Gasteiger partial charge in [0.05, 0.1) is 0 Å². The molecule has 1 rings (SSSR count). The molecule has 4 nitrogen and oxygen atoms in total. The van der Waals surface area contributed by atoms with Crippen molar-refractivity contribution >= 4 is 12.0 Å². The van der Waals surface area contributed by atoms with Gasteiger partial charge in [-0.2, -0.15) is 13.2 Å². The van der Waals surface area contributed by atoms with E-state index < -0.39 is 29.8 Å². The second-order valence-corrected chi connectivity index (χ2v) is 5.19. The molecule has 1 atom stereocenters. The van der Waals surface area contributed by atoms with Gasteiger partial charge in [0.15, 0.2) is 0 Å². The predicted molar refractivity (Wildman–Crippen MR) is 56.8 cm³/mol. The van der Waals surface area contributed by atoms with Gasteiger partial charge in [0, 0.05) is 6.42 Å². The standard InChI is InChI=1S/C11H16F3NO3/c1-10(2,3)18-9(17)15-7(11(12,13)14)5-4-6-8(15)16/h7H,4-6H2,1-3H3/t7-/m0/s1. The predicted octanol–water partition coefficient (Wildman–Crippen LogP) is 2.86. The van der Waals surface area contributed by atoms with E-state index >= 15 is 0 Å². The molecule has 7 heteroatoms. The van der Waals surface area contributed by atoms with Crippen LogP contribution in [-0.4, -0.2) is 34.7 Å². The summed E-state index contributed by atoms with van der Waals surface area (Å²) in [7, 11) is 0. The average molecular weight is 267 g/mol. The molecule has 0 N–H and O–H groups in total. The molecule has 0 radical (unpaired) electrons. The summed E-state index contributed by atoms with van der Waals surface area (Å²) < 4.78 is 43.1. The van der Waals surface area contributed by atoms with E-state index in [1.807, 2.05) is 0 Å². The van der Waals surface area contributed by atoms with Gasteiger partial charge in [-0.3, -0.25) is 4.79 Å². The van der Waals surface area contributed by atoms with Crippen molar-refractivity contribution in [3.8, 4) is 0 Å². The number of hydrogen-bond donors (Lipinski definition) is 0. The maximum Gasteiger partial charge on any atom is 0.417 e. The van der Waals surface area contributed by atoms with Crippen molar-refractivity contribution in [1.82, 2.24) is 4.90 Å². The first-order chi connectivity index (χ1) is 8.02. The summed E-state index contributed by atoms with van der Waals surface area (Å²) in [5, 5.41) is 0. The van der Waals surface area contributed by atoms with Crippen LogP contribution in [0.25, 0.3) is 0 Å². The van der Waals surface area contributed by atoms with Gasteiger partial charge in [0.2, 0.25) is 5.91 Å². The zero-order valence-electron chi connectivity index (χ0n) is 10.5. The number of carbonyl (C=O) groups is 2. The van der Waals surface area contributed by atoms with Gasteiger partial charge in [-0.25, -0.2) is 9.69 Å². The molecule has 1 saturated heterocycles. The molecule has 1 heterocycles. The summed E-state index contributed by atoms with van der Waals surface area (Å²) in [5.41, 5.74) is -0.940. The van der Waals surface area contributed by atoms with Crippen molar-refractivity contribution in [3.05, 3.63) is 0 Å². The van der Waals surface area contributed by atoms with Crippen molar-refractivity contribution in [2.24, 2.45) is 0 Å². The van der Waals surface area contributed by atoms with E-state index in [9.17, 15) is 22.8 Å². The van der Waals surface area contributed by atoms with Crippen molar-refractivity contribution < 1.29 is 27.5 Å². The van der Waals surface area contributed by atoms with Crippen LogP contribution in [0, 0.1) is 0 Å². The summed E-state index contributed by atoms with van der Waals surface area (Å²) in [4.78, 5) is 23.4. The Labute approximate surface area is 103 Å². The molecular weight excluding hydrogens is 251 g/mol. The number of ether oxygens (including phenoxy) is 1. The van der Waals surface area contributed by atoms with Gasteiger partial charge >= 0.3 is 12.3 Å². The zero-order valence-corrected chi connectivity index (χ0v) is 10.5. The molecule has 104 valence electrons. The Kier molecular flexibility index (Phi) is 3.92. The van der Waals surface area contributed by atoms with Gasteiger partial charge in [0.1, 0.15) is 11.6 Å². The molecule has 1 aliphatic rings. The highest BCUT2D eigenvalue weighted by Crippen LogP contribution is 2.33. The van der Waals surface area contributed by atoms with E-state index in [1.54, 1.807) is 0 Å². The molecular formula is C11H16F3NO3. The fraction of sp³-hybridized carbons (Fsp3) is 0.818. The summed E-state index contributed by atoms with van der Waals surface area (Å²) in [6.45, 7) is 4.59. The van der Waals surface area contributed by atoms with E-state index in [0.29, 0.717) is 0 Å². The molecule has 0 aromatic heterocycles. The highest BCUT2D eigenvalue weighted by molar-refractivity contribution is 5.93. The molecule has 0 saturated carbocycles. The number of nitrogens with zero attached hydrogens (tertiary/aromatic N) is 1. The van der Waals surface area contributed by atoms with Crippen LogP contribution in [0.2, 0.25) is 0 Å². The third-order valence-corrected chi connectivity index (χ3v) is 2.42. The smallest absolute Gasteiger partial charge is 0.417 e. The number of halogens is 3. The van der Waals surface area contributed by atoms with Crippen molar-refractivity contribution in [3.63, 3.8) is 0 Å². The minimum absolute atomic E-state index is 0.0637. The van der Waals surface area contributed by atoms with Crippen molar-refractivity contribution in [1.29, 1.82) is 0 Å². The molecule has 1 fully saturated rings. The van der Waals surface area contributed by atoms with Crippen LogP contribution in [0.3, 0.4) is 0 Å². The number of amides is 2. The van der Waals surface area contributed by atoms with Crippen LogP contribution in [-0.2, 0) is 9.53 Å². The Bertz CT molecular complexity index is 346. The first kappa shape index (κ1) is 14.8. The lowest BCUT2D eigenvalue weighted by molar-refractivity contribution is -0.192. The Morgan fingerprint density at radius 1 is 1.33 bits per heavy atom. The highest BCUT2D eigenvalue weighted by atomic mass is 19.4. The maximum atomic E-state index is 12.8. The molecule has 0 aromatic rings. The Balaban J connectivity index is 2.92. The normalized spacial score (nSPS) is 22.0. The zero-order chi connectivity index (χ0) is 14.1. The number of carbonyl (C=O) groups excluding carboxylic acids is 2. The van der Waals surface area contributed by atoms with E-state index in [0.717, 1.165) is 0 Å². The first-order valence-corrected chi connectivity index (χ1v) is 5.64. The van der Waals surface area contributed by atoms with Crippen LogP contribution in [0.1, 0.15) is 40.0 Å². The summed E-state index contributed by atoms with van der Waals surface area (Å²) in [6.07, 6.45) is -6.05. The van der Waals surface area contributed by atoms with Crippen LogP contribution in [0.4, 0.5) is 18.0 Å². The third-order valence-electron chi connectivity index (χ3n) is 2.42. The van der Waals surface area contributed by atoms with Crippen LogP contribution >= 0.6 is 0 Å². The third kappa shape index (κ3) is 3.61. The molecule has 1 aliphatic heterocycles. The van der Waals surface area contributed by atoms with Crippen molar-refractivity contribution in [2.45, 2.75) is 57.9 Å². The second-order valence-electron chi connectivity index (χ2n) is 5.19. The summed E-state index contributed by atoms with van der Waals surface area (Å²) >= 11 is 0. The van der Waals surface area contributed by atoms with E-state index in [2.05, 4.69) is 0 Å². The number of hydrogen-bond acceptors (Lipinski definition) is 3. The second kappa shape index (κ2) is 4.78. The molecule has 2 amide bonds. The molecule has 0 spiro atoms. The minimum Gasteiger partial charge on any atom is -0.443 e. The fourth-order valence-corrected chi connectivity index (χ4v) is 1.72. The lowest BCUT2D eigenvalue weighted by atomic mass is 10.0. The average Bonchev–Trinajstić information content (AvgIpc) is 2.12. The van der Waals surface area contributed by atoms with Crippen molar-refractivity contribution in [2.75, 3.05) is 0 Å². The largest absolute Gasteiger partial charge is 0.443 e. The SMILES string of the molecule is CC(C)(C)OC(=O)N1C(=O)CCC[C@H]1C(F)(F)F. The number of imide groups is 1. The number of piperidine rings is 1. The quantitative estimate of drug-likeness (QED) is 0.678. The first-order valence-electron chi connectivity index (χ1n) is 5.64. The number of likely N-dealkylation sites (tertiary alicyclic amines) is 1. The van der Waals surface area contributed by atoms with Crippen LogP contribution < -0.4 is 0 Å². The Morgan fingerprint density at radius 3 is 2.33 bits per heavy atom. The lowest BCUT2D eigenvalue weighted by Crippen LogP contribution is -2.55. The van der Waals surface area contributed by atoms with E-state index in [4.69, 9.17) is 4.74 Å². The minimum atomic E-state index is -4.62. The van der Waals surface area contributed by atoms with Crippen LogP contribution in [0.15, 0.2) is 0 Å². The fourth-order valence-electron chi connectivity index (χ4n) is 1.72. The maximum absolute atomic E-state index is 12.8. The lowest BCUT2D eigenvalue weighted by Gasteiger charge is -2.35. The summed E-state index contributed by atoms with van der Waals surface area (Å²) in [6, 6.07) is -2.08. The van der Waals surface area contributed by atoms with Gasteiger partial charge < -0.3 is 4.74 Å². The summed E-state index contributed by atoms with van der Waals surface area (Å²) in [5.74, 6) is -0.835. The molecule has 0 aliphatic carbocycles. The molecule has 0 bridgehead atoms. The van der Waals surface area contributed by atoms with Gasteiger partial charge in [-0.15, -0.1) is 0 Å². The van der Waals surface area contributed by atoms with Gasteiger partial charge in [-0.1, -0.05) is 0 Å². The highest BCUT2D eigenvalue weighted by Gasteiger charge is 2.50. The Hall–Kier alpha value is -1.27. The number of alkyl halides is 3. The molecule has 0 aromatic carbocycles. The molecule has 0 unspecified atom stereocenters. The topological polar surface area (TPSA) is 46.6 Å². The van der Waals surface area contributed by atoms with Crippen LogP contribution in [0.5, 0.6) is 0 Å². The monoisotopic (exact) mass is 267 g/mol. The van der Waals surface area contributed by atoms with Gasteiger partial charge in [-0.05, 0) is 33.6 Å². The van der Waals surface area contributed by atoms with E-state index in [-0.39, 0.29) is 24.2 Å². The Morgan fingerprint density at radius 2 is 1.89 bits per heavy atom. The van der Waals surface area contributed by atoms with E-state index in [1.165, 1.54) is 20.8 Å².